The third kappa shape index (κ3) is 5.92. The van der Waals surface area contributed by atoms with Gasteiger partial charge in [0.05, 0.1) is 38.6 Å². The van der Waals surface area contributed by atoms with Crippen LogP contribution in [-0.4, -0.2) is 50.8 Å². The Labute approximate surface area is 152 Å². The van der Waals surface area contributed by atoms with Gasteiger partial charge in [-0.1, -0.05) is 6.92 Å². The van der Waals surface area contributed by atoms with Gasteiger partial charge in [0.25, 0.3) is 0 Å². The van der Waals surface area contributed by atoms with Gasteiger partial charge < -0.3 is 18.9 Å². The number of ether oxygens (including phenoxy) is 4. The molecule has 2 saturated heterocycles. The molecular formula is C21H36O4. The number of rotatable bonds is 9. The molecule has 0 spiro atoms. The molecule has 4 heteroatoms. The van der Waals surface area contributed by atoms with Crippen LogP contribution in [0.4, 0.5) is 0 Å². The van der Waals surface area contributed by atoms with Crippen molar-refractivity contribution in [3.8, 4) is 0 Å². The van der Waals surface area contributed by atoms with Crippen LogP contribution in [0, 0.1) is 17.8 Å². The SMILES string of the molecule is CC(CC1CCC(OCC2CO2)CC1)C1CCC(OCC2CO2)CC1. The highest BCUT2D eigenvalue weighted by molar-refractivity contribution is 4.81. The van der Waals surface area contributed by atoms with Gasteiger partial charge in [0.15, 0.2) is 0 Å². The van der Waals surface area contributed by atoms with E-state index in [9.17, 15) is 0 Å². The monoisotopic (exact) mass is 352 g/mol. The molecule has 0 bridgehead atoms. The molecule has 3 atom stereocenters. The fourth-order valence-electron chi connectivity index (χ4n) is 4.89. The topological polar surface area (TPSA) is 43.5 Å². The van der Waals surface area contributed by atoms with Crippen molar-refractivity contribution in [1.29, 1.82) is 0 Å². The Bertz CT molecular complexity index is 391. The van der Waals surface area contributed by atoms with E-state index in [1.165, 1.54) is 57.8 Å². The highest BCUT2D eigenvalue weighted by atomic mass is 16.6. The molecule has 4 nitrogen and oxygen atoms in total. The quantitative estimate of drug-likeness (QED) is 0.589. The molecule has 4 rings (SSSR count). The molecule has 0 aromatic rings. The molecule has 0 N–H and O–H groups in total. The number of hydrogen-bond acceptors (Lipinski definition) is 4. The predicted molar refractivity (Wildman–Crippen MR) is 96.7 cm³/mol. The molecule has 4 aliphatic rings. The van der Waals surface area contributed by atoms with Gasteiger partial charge in [-0.3, -0.25) is 0 Å². The van der Waals surface area contributed by atoms with Crippen LogP contribution in [0.15, 0.2) is 0 Å². The second-order valence-electron chi connectivity index (χ2n) is 8.97. The van der Waals surface area contributed by atoms with Crippen LogP contribution in [0.5, 0.6) is 0 Å². The number of hydrogen-bond donors (Lipinski definition) is 0. The molecule has 2 heterocycles. The first-order valence-corrected chi connectivity index (χ1v) is 10.7. The van der Waals surface area contributed by atoms with Gasteiger partial charge in [0.1, 0.15) is 12.2 Å². The van der Waals surface area contributed by atoms with E-state index >= 15 is 0 Å². The Kier molecular flexibility index (Phi) is 6.33. The summed E-state index contributed by atoms with van der Waals surface area (Å²) in [5.41, 5.74) is 0. The molecule has 2 aliphatic heterocycles. The molecule has 0 aromatic heterocycles. The van der Waals surface area contributed by atoms with Crippen LogP contribution >= 0.6 is 0 Å². The van der Waals surface area contributed by atoms with Crippen molar-refractivity contribution in [2.45, 2.75) is 89.1 Å². The normalized spacial score (nSPS) is 42.1. The summed E-state index contributed by atoms with van der Waals surface area (Å²) in [5.74, 6) is 2.71. The van der Waals surface area contributed by atoms with E-state index in [1.54, 1.807) is 0 Å². The van der Waals surface area contributed by atoms with Crippen molar-refractivity contribution < 1.29 is 18.9 Å². The highest BCUT2D eigenvalue weighted by Crippen LogP contribution is 2.38. The van der Waals surface area contributed by atoms with Crippen LogP contribution in [0.2, 0.25) is 0 Å². The van der Waals surface area contributed by atoms with Crippen molar-refractivity contribution >= 4 is 0 Å². The van der Waals surface area contributed by atoms with Crippen LogP contribution in [0.3, 0.4) is 0 Å². The summed E-state index contributed by atoms with van der Waals surface area (Å²) in [6.07, 6.45) is 13.7. The van der Waals surface area contributed by atoms with E-state index in [0.717, 1.165) is 44.2 Å². The Morgan fingerprint density at radius 3 is 1.72 bits per heavy atom. The van der Waals surface area contributed by atoms with Gasteiger partial charge in [0.2, 0.25) is 0 Å². The summed E-state index contributed by atoms with van der Waals surface area (Å²) in [6.45, 7) is 5.96. The zero-order chi connectivity index (χ0) is 17.1. The second kappa shape index (κ2) is 8.69. The lowest BCUT2D eigenvalue weighted by Crippen LogP contribution is -2.28. The zero-order valence-electron chi connectivity index (χ0n) is 15.9. The van der Waals surface area contributed by atoms with E-state index in [1.807, 2.05) is 0 Å². The number of epoxide rings is 2. The van der Waals surface area contributed by atoms with Gasteiger partial charge in [-0.25, -0.2) is 0 Å². The lowest BCUT2D eigenvalue weighted by molar-refractivity contribution is -0.00238. The predicted octanol–water partition coefficient (Wildman–Crippen LogP) is 3.96. The molecule has 25 heavy (non-hydrogen) atoms. The van der Waals surface area contributed by atoms with Crippen LogP contribution in [0.25, 0.3) is 0 Å². The van der Waals surface area contributed by atoms with E-state index < -0.39 is 0 Å². The van der Waals surface area contributed by atoms with Crippen molar-refractivity contribution in [1.82, 2.24) is 0 Å². The molecule has 0 aromatic carbocycles. The fraction of sp³-hybridized carbons (Fsp3) is 1.00. The van der Waals surface area contributed by atoms with E-state index in [0.29, 0.717) is 24.4 Å². The summed E-state index contributed by atoms with van der Waals surface area (Å²) >= 11 is 0. The highest BCUT2D eigenvalue weighted by Gasteiger charge is 2.31. The van der Waals surface area contributed by atoms with E-state index in [4.69, 9.17) is 18.9 Å². The largest absolute Gasteiger partial charge is 0.375 e. The summed E-state index contributed by atoms with van der Waals surface area (Å²) in [6, 6.07) is 0. The van der Waals surface area contributed by atoms with E-state index in [2.05, 4.69) is 6.92 Å². The van der Waals surface area contributed by atoms with Gasteiger partial charge in [0, 0.05) is 0 Å². The molecule has 4 fully saturated rings. The Morgan fingerprint density at radius 2 is 1.24 bits per heavy atom. The molecule has 0 amide bonds. The minimum absolute atomic E-state index is 0.410. The van der Waals surface area contributed by atoms with Gasteiger partial charge in [-0.15, -0.1) is 0 Å². The fourth-order valence-corrected chi connectivity index (χ4v) is 4.89. The molecule has 2 saturated carbocycles. The maximum absolute atomic E-state index is 5.99. The summed E-state index contributed by atoms with van der Waals surface area (Å²) in [5, 5.41) is 0. The molecule has 3 unspecified atom stereocenters. The smallest absolute Gasteiger partial charge is 0.104 e. The standard InChI is InChI=1S/C21H36O4/c1-15(17-4-8-19(9-5-17)23-12-21-14-25-21)10-16-2-6-18(7-3-16)22-11-20-13-24-20/h15-21H,2-14H2,1H3. The average Bonchev–Trinajstić information content (AvgIpc) is 3.55. The average molecular weight is 353 g/mol. The third-order valence-electron chi connectivity index (χ3n) is 6.86. The first-order chi connectivity index (χ1) is 12.3. The maximum atomic E-state index is 5.99. The van der Waals surface area contributed by atoms with Gasteiger partial charge in [-0.2, -0.15) is 0 Å². The van der Waals surface area contributed by atoms with E-state index in [-0.39, 0.29) is 0 Å². The van der Waals surface area contributed by atoms with Crippen LogP contribution < -0.4 is 0 Å². The van der Waals surface area contributed by atoms with Gasteiger partial charge in [-0.05, 0) is 75.5 Å². The summed E-state index contributed by atoms with van der Waals surface area (Å²) in [7, 11) is 0. The summed E-state index contributed by atoms with van der Waals surface area (Å²) < 4.78 is 22.5. The molecule has 2 aliphatic carbocycles. The van der Waals surface area contributed by atoms with Crippen molar-refractivity contribution in [3.63, 3.8) is 0 Å². The van der Waals surface area contributed by atoms with Crippen molar-refractivity contribution in [2.75, 3.05) is 26.4 Å². The minimum Gasteiger partial charge on any atom is -0.375 e. The molecule has 0 radical (unpaired) electrons. The Balaban J connectivity index is 1.09. The van der Waals surface area contributed by atoms with Gasteiger partial charge >= 0.3 is 0 Å². The van der Waals surface area contributed by atoms with Crippen molar-refractivity contribution in [3.05, 3.63) is 0 Å². The lowest BCUT2D eigenvalue weighted by Gasteiger charge is -2.35. The Hall–Kier alpha value is -0.160. The van der Waals surface area contributed by atoms with Crippen LogP contribution in [0.1, 0.15) is 64.7 Å². The first-order valence-electron chi connectivity index (χ1n) is 10.7. The molecular weight excluding hydrogens is 316 g/mol. The first kappa shape index (κ1) is 18.2. The zero-order valence-corrected chi connectivity index (χ0v) is 15.9. The minimum atomic E-state index is 0.410. The lowest BCUT2D eigenvalue weighted by atomic mass is 9.73. The maximum Gasteiger partial charge on any atom is 0.104 e. The second-order valence-corrected chi connectivity index (χ2v) is 8.97. The third-order valence-corrected chi connectivity index (χ3v) is 6.86. The Morgan fingerprint density at radius 1 is 0.760 bits per heavy atom. The molecule has 144 valence electrons. The summed E-state index contributed by atoms with van der Waals surface area (Å²) in [4.78, 5) is 0. The van der Waals surface area contributed by atoms with Crippen molar-refractivity contribution in [2.24, 2.45) is 17.8 Å². The van der Waals surface area contributed by atoms with Crippen LogP contribution in [-0.2, 0) is 18.9 Å².